The Morgan fingerprint density at radius 3 is 2.20 bits per heavy atom. The predicted octanol–water partition coefficient (Wildman–Crippen LogP) is 4.96. The first-order valence-electron chi connectivity index (χ1n) is 13.9. The first kappa shape index (κ1) is 27.6. The molecule has 0 bridgehead atoms. The summed E-state index contributed by atoms with van der Waals surface area (Å²) in [5.74, 6) is -0.224. The van der Waals surface area contributed by atoms with E-state index in [-0.39, 0.29) is 24.4 Å². The van der Waals surface area contributed by atoms with E-state index in [0.29, 0.717) is 31.0 Å². The number of hydrogen-bond donors (Lipinski definition) is 2. The van der Waals surface area contributed by atoms with Gasteiger partial charge in [-0.05, 0) is 60.5 Å². The van der Waals surface area contributed by atoms with Gasteiger partial charge in [-0.3, -0.25) is 9.59 Å². The Kier molecular flexibility index (Phi) is 8.35. The summed E-state index contributed by atoms with van der Waals surface area (Å²) in [5.41, 5.74) is 2.98. The molecule has 0 unspecified atom stereocenters. The van der Waals surface area contributed by atoms with Crippen molar-refractivity contribution in [3.05, 3.63) is 96.1 Å². The topological polar surface area (TPSA) is 67.9 Å². The summed E-state index contributed by atoms with van der Waals surface area (Å²) in [6.07, 6.45) is 3.04. The monoisotopic (exact) mass is 555 g/mol. The summed E-state index contributed by atoms with van der Waals surface area (Å²) >= 11 is 5.64. The van der Waals surface area contributed by atoms with Crippen molar-refractivity contribution in [1.82, 2.24) is 15.1 Å². The molecule has 1 heterocycles. The molecule has 7 nitrogen and oxygen atoms in total. The van der Waals surface area contributed by atoms with E-state index in [4.69, 9.17) is 12.2 Å². The van der Waals surface area contributed by atoms with Gasteiger partial charge in [-0.2, -0.15) is 0 Å². The fourth-order valence-corrected chi connectivity index (χ4v) is 6.04. The number of anilines is 2. The highest BCUT2D eigenvalue weighted by Crippen LogP contribution is 2.38. The maximum atomic E-state index is 14.2. The van der Waals surface area contributed by atoms with Crippen LogP contribution < -0.4 is 15.5 Å². The van der Waals surface area contributed by atoms with Gasteiger partial charge < -0.3 is 25.3 Å². The molecule has 8 heteroatoms. The molecule has 0 radical (unpaired) electrons. The number of amides is 2. The normalized spacial score (nSPS) is 17.8. The van der Waals surface area contributed by atoms with Gasteiger partial charge in [0.2, 0.25) is 11.8 Å². The van der Waals surface area contributed by atoms with Gasteiger partial charge in [-0.1, -0.05) is 73.5 Å². The van der Waals surface area contributed by atoms with Gasteiger partial charge >= 0.3 is 0 Å². The minimum atomic E-state index is -0.930. The highest BCUT2D eigenvalue weighted by Gasteiger charge is 2.48. The van der Waals surface area contributed by atoms with Crippen LogP contribution in [0.25, 0.3) is 0 Å². The summed E-state index contributed by atoms with van der Waals surface area (Å²) < 4.78 is 0. The van der Waals surface area contributed by atoms with Crippen LogP contribution in [0.2, 0.25) is 0 Å². The van der Waals surface area contributed by atoms with Gasteiger partial charge in [0.15, 0.2) is 5.11 Å². The lowest BCUT2D eigenvalue weighted by Crippen LogP contribution is -2.59. The third-order valence-electron chi connectivity index (χ3n) is 8.01. The van der Waals surface area contributed by atoms with Gasteiger partial charge in [-0.15, -0.1) is 0 Å². The van der Waals surface area contributed by atoms with Crippen LogP contribution in [0.1, 0.15) is 42.9 Å². The highest BCUT2D eigenvalue weighted by atomic mass is 32.1. The van der Waals surface area contributed by atoms with Crippen LogP contribution in [0.3, 0.4) is 0 Å². The minimum Gasteiger partial charge on any atom is -0.378 e. The van der Waals surface area contributed by atoms with Crippen LogP contribution in [0.5, 0.6) is 0 Å². The van der Waals surface area contributed by atoms with E-state index in [2.05, 4.69) is 22.8 Å². The van der Waals surface area contributed by atoms with Crippen molar-refractivity contribution in [1.29, 1.82) is 0 Å². The average molecular weight is 556 g/mol. The van der Waals surface area contributed by atoms with E-state index in [9.17, 15) is 9.59 Å². The Hall–Kier alpha value is -3.91. The summed E-state index contributed by atoms with van der Waals surface area (Å²) in [6.45, 7) is 1.09. The summed E-state index contributed by atoms with van der Waals surface area (Å²) in [5, 5.41) is 7.07. The zero-order chi connectivity index (χ0) is 28.1. The van der Waals surface area contributed by atoms with Gasteiger partial charge in [0.25, 0.3) is 0 Å². The van der Waals surface area contributed by atoms with E-state index >= 15 is 0 Å². The van der Waals surface area contributed by atoms with Crippen LogP contribution in [-0.4, -0.2) is 59.5 Å². The largest absolute Gasteiger partial charge is 0.378 e. The Morgan fingerprint density at radius 2 is 1.57 bits per heavy atom. The Balaban J connectivity index is 1.39. The van der Waals surface area contributed by atoms with Crippen molar-refractivity contribution in [3.63, 3.8) is 0 Å². The molecular formula is C32H37N5O2S. The second-order valence-corrected chi connectivity index (χ2v) is 11.3. The Bertz CT molecular complexity index is 1320. The van der Waals surface area contributed by atoms with Gasteiger partial charge in [0, 0.05) is 38.6 Å². The number of hydrogen-bond acceptors (Lipinski definition) is 4. The molecule has 3 aromatic rings. The fraction of sp³-hybridized carbons (Fsp3) is 0.344. The third-order valence-corrected chi connectivity index (χ3v) is 8.39. The molecule has 1 aliphatic heterocycles. The van der Waals surface area contributed by atoms with Crippen molar-refractivity contribution in [2.75, 3.05) is 37.4 Å². The lowest BCUT2D eigenvalue weighted by molar-refractivity contribution is -0.146. The number of nitrogens with one attached hydrogen (secondary N) is 2. The van der Waals surface area contributed by atoms with Crippen LogP contribution in [0.4, 0.5) is 11.4 Å². The second kappa shape index (κ2) is 12.1. The SMILES string of the molecule is CN(C)c1ccc(NC(=O)C2(N(Cc3ccccc3)C(=O)CN3C[C@@H](c4ccccc4)NC3=S)CCCC2)cc1. The third kappa shape index (κ3) is 5.97. The average Bonchev–Trinajstić information content (AvgIpc) is 3.61. The molecule has 208 valence electrons. The molecule has 1 saturated heterocycles. The van der Waals surface area contributed by atoms with Crippen LogP contribution in [0.15, 0.2) is 84.9 Å². The molecule has 3 aromatic carbocycles. The molecular weight excluding hydrogens is 518 g/mol. The van der Waals surface area contributed by atoms with Crippen molar-refractivity contribution in [2.24, 2.45) is 0 Å². The van der Waals surface area contributed by atoms with Crippen LogP contribution >= 0.6 is 12.2 Å². The number of thiocarbonyl (C=S) groups is 1. The van der Waals surface area contributed by atoms with Crippen molar-refractivity contribution < 1.29 is 9.59 Å². The number of nitrogens with zero attached hydrogens (tertiary/aromatic N) is 3. The molecule has 2 fully saturated rings. The molecule has 2 amide bonds. The van der Waals surface area contributed by atoms with E-state index in [1.807, 2.05) is 102 Å². The number of rotatable bonds is 9. The summed E-state index contributed by atoms with van der Waals surface area (Å²) in [6, 6.07) is 27.9. The van der Waals surface area contributed by atoms with Crippen molar-refractivity contribution in [3.8, 4) is 0 Å². The van der Waals surface area contributed by atoms with Gasteiger partial charge in [-0.25, -0.2) is 0 Å². The Morgan fingerprint density at radius 1 is 0.950 bits per heavy atom. The van der Waals surface area contributed by atoms with E-state index < -0.39 is 5.54 Å². The molecule has 5 rings (SSSR count). The Labute approximate surface area is 242 Å². The highest BCUT2D eigenvalue weighted by molar-refractivity contribution is 7.80. The maximum absolute atomic E-state index is 14.2. The van der Waals surface area contributed by atoms with Gasteiger partial charge in [0.1, 0.15) is 5.54 Å². The number of carbonyl (C=O) groups is 2. The summed E-state index contributed by atoms with van der Waals surface area (Å²) in [4.78, 5) is 34.0. The van der Waals surface area contributed by atoms with E-state index in [1.54, 1.807) is 0 Å². The van der Waals surface area contributed by atoms with Crippen LogP contribution in [-0.2, 0) is 16.1 Å². The zero-order valence-corrected chi connectivity index (χ0v) is 24.0. The lowest BCUT2D eigenvalue weighted by atomic mass is 9.92. The second-order valence-electron chi connectivity index (χ2n) is 10.9. The lowest BCUT2D eigenvalue weighted by Gasteiger charge is -2.41. The van der Waals surface area contributed by atoms with Crippen LogP contribution in [0, 0.1) is 0 Å². The number of benzene rings is 3. The quantitative estimate of drug-likeness (QED) is 0.364. The zero-order valence-electron chi connectivity index (χ0n) is 23.2. The fourth-order valence-electron chi connectivity index (χ4n) is 5.76. The minimum absolute atomic E-state index is 0.0259. The van der Waals surface area contributed by atoms with Gasteiger partial charge in [0.05, 0.1) is 12.6 Å². The molecule has 2 aliphatic rings. The summed E-state index contributed by atoms with van der Waals surface area (Å²) in [7, 11) is 3.97. The number of carbonyl (C=O) groups excluding carboxylic acids is 2. The standard InChI is InChI=1S/C32H37N5O2S/c1-35(2)27-17-15-26(16-18-27)33-30(39)32(19-9-10-20-32)37(21-24-11-5-3-6-12-24)29(38)23-36-22-28(34-31(36)40)25-13-7-4-8-14-25/h3-8,11-18,28H,9-10,19-23H2,1-2H3,(H,33,39)(H,34,40)/t28-/m0/s1. The molecule has 1 atom stereocenters. The molecule has 1 aliphatic carbocycles. The molecule has 0 aromatic heterocycles. The molecule has 0 spiro atoms. The molecule has 1 saturated carbocycles. The van der Waals surface area contributed by atoms with Crippen molar-refractivity contribution >= 4 is 40.5 Å². The first-order valence-corrected chi connectivity index (χ1v) is 14.3. The maximum Gasteiger partial charge on any atom is 0.250 e. The molecule has 2 N–H and O–H groups in total. The van der Waals surface area contributed by atoms with E-state index in [1.165, 1.54) is 0 Å². The predicted molar refractivity (Wildman–Crippen MR) is 164 cm³/mol. The molecule has 40 heavy (non-hydrogen) atoms. The van der Waals surface area contributed by atoms with Crippen molar-refractivity contribution in [2.45, 2.75) is 43.8 Å². The van der Waals surface area contributed by atoms with E-state index in [0.717, 1.165) is 35.3 Å². The smallest absolute Gasteiger partial charge is 0.250 e. The first-order chi connectivity index (χ1) is 19.4.